The quantitative estimate of drug-likeness (QED) is 0.519. The molecular weight excluding hydrogens is 316 g/mol. The van der Waals surface area contributed by atoms with Gasteiger partial charge in [0.15, 0.2) is 0 Å². The van der Waals surface area contributed by atoms with E-state index in [2.05, 4.69) is 13.8 Å². The minimum atomic E-state index is -0.529. The van der Waals surface area contributed by atoms with E-state index in [-0.39, 0.29) is 17.7 Å². The summed E-state index contributed by atoms with van der Waals surface area (Å²) in [4.78, 5) is 24.6. The van der Waals surface area contributed by atoms with Crippen molar-refractivity contribution in [1.29, 1.82) is 0 Å². The van der Waals surface area contributed by atoms with Crippen LogP contribution in [0.3, 0.4) is 0 Å². The van der Waals surface area contributed by atoms with Crippen LogP contribution in [0.2, 0.25) is 0 Å². The smallest absolute Gasteiger partial charge is 0.339 e. The average Bonchev–Trinajstić information content (AvgIpc) is 2.63. The first kappa shape index (κ1) is 18.7. The van der Waals surface area contributed by atoms with Gasteiger partial charge in [-0.1, -0.05) is 56.3 Å². The van der Waals surface area contributed by atoms with Gasteiger partial charge in [0.1, 0.15) is 6.61 Å². The number of hydrogen-bond acceptors (Lipinski definition) is 4. The molecule has 132 valence electrons. The van der Waals surface area contributed by atoms with Gasteiger partial charge in [-0.15, -0.1) is 0 Å². The largest absolute Gasteiger partial charge is 0.462 e. The summed E-state index contributed by atoms with van der Waals surface area (Å²) in [6.45, 7) is 4.77. The molecular formula is C21H24O4. The van der Waals surface area contributed by atoms with E-state index in [0.29, 0.717) is 12.5 Å². The zero-order valence-electron chi connectivity index (χ0n) is 14.7. The minimum Gasteiger partial charge on any atom is -0.462 e. The number of esters is 2. The monoisotopic (exact) mass is 340 g/mol. The Kier molecular flexibility index (Phi) is 7.20. The van der Waals surface area contributed by atoms with Crippen LogP contribution in [-0.2, 0) is 16.1 Å². The highest BCUT2D eigenvalue weighted by Gasteiger charge is 2.19. The molecule has 0 unspecified atom stereocenters. The predicted molar refractivity (Wildman–Crippen MR) is 96.4 cm³/mol. The van der Waals surface area contributed by atoms with Crippen molar-refractivity contribution >= 4 is 11.9 Å². The second-order valence-corrected chi connectivity index (χ2v) is 6.28. The Balaban J connectivity index is 1.96. The van der Waals surface area contributed by atoms with Crippen molar-refractivity contribution in [2.24, 2.45) is 5.92 Å². The molecule has 4 heteroatoms. The summed E-state index contributed by atoms with van der Waals surface area (Å²) in [7, 11) is 0. The van der Waals surface area contributed by atoms with Crippen LogP contribution < -0.4 is 0 Å². The third kappa shape index (κ3) is 6.07. The molecule has 0 saturated heterocycles. The van der Waals surface area contributed by atoms with Crippen LogP contribution in [-0.4, -0.2) is 18.5 Å². The van der Waals surface area contributed by atoms with Crippen molar-refractivity contribution in [2.45, 2.75) is 33.3 Å². The second kappa shape index (κ2) is 9.62. The third-order valence-corrected chi connectivity index (χ3v) is 3.74. The first-order chi connectivity index (χ1) is 12.1. The van der Waals surface area contributed by atoms with E-state index in [9.17, 15) is 9.59 Å². The number of carbonyl (C=O) groups is 2. The van der Waals surface area contributed by atoms with Crippen LogP contribution in [0.15, 0.2) is 54.6 Å². The van der Waals surface area contributed by atoms with Crippen LogP contribution in [0, 0.1) is 5.92 Å². The van der Waals surface area contributed by atoms with E-state index in [1.165, 1.54) is 0 Å². The summed E-state index contributed by atoms with van der Waals surface area (Å²) in [6, 6.07) is 16.0. The van der Waals surface area contributed by atoms with Crippen molar-refractivity contribution in [1.82, 2.24) is 0 Å². The lowest BCUT2D eigenvalue weighted by molar-refractivity contribution is 0.0435. The number of ether oxygens (including phenoxy) is 2. The molecule has 25 heavy (non-hydrogen) atoms. The third-order valence-electron chi connectivity index (χ3n) is 3.74. The van der Waals surface area contributed by atoms with Crippen LogP contribution in [0.5, 0.6) is 0 Å². The highest BCUT2D eigenvalue weighted by molar-refractivity contribution is 6.03. The predicted octanol–water partition coefficient (Wildman–Crippen LogP) is 4.64. The van der Waals surface area contributed by atoms with Gasteiger partial charge >= 0.3 is 11.9 Å². The lowest BCUT2D eigenvalue weighted by Gasteiger charge is -2.10. The molecule has 0 N–H and O–H groups in total. The van der Waals surface area contributed by atoms with Gasteiger partial charge in [0.05, 0.1) is 17.7 Å². The molecule has 0 aliphatic carbocycles. The van der Waals surface area contributed by atoms with Crippen LogP contribution in [0.4, 0.5) is 0 Å². The van der Waals surface area contributed by atoms with Gasteiger partial charge in [-0.05, 0) is 36.5 Å². The average molecular weight is 340 g/mol. The summed E-state index contributed by atoms with van der Waals surface area (Å²) in [6.07, 6.45) is 1.80. The summed E-state index contributed by atoms with van der Waals surface area (Å²) < 4.78 is 10.6. The zero-order chi connectivity index (χ0) is 18.1. The number of carbonyl (C=O) groups excluding carboxylic acids is 2. The Morgan fingerprint density at radius 3 is 2.00 bits per heavy atom. The van der Waals surface area contributed by atoms with E-state index in [1.54, 1.807) is 24.3 Å². The van der Waals surface area contributed by atoms with Crippen molar-refractivity contribution < 1.29 is 19.1 Å². The summed E-state index contributed by atoms with van der Waals surface area (Å²) >= 11 is 0. The van der Waals surface area contributed by atoms with Crippen molar-refractivity contribution in [2.75, 3.05) is 6.61 Å². The van der Waals surface area contributed by atoms with E-state index in [4.69, 9.17) is 9.47 Å². The normalized spacial score (nSPS) is 10.5. The lowest BCUT2D eigenvalue weighted by atomic mass is 10.1. The van der Waals surface area contributed by atoms with Gasteiger partial charge in [0, 0.05) is 0 Å². The number of benzene rings is 2. The Morgan fingerprint density at radius 2 is 1.40 bits per heavy atom. The highest BCUT2D eigenvalue weighted by atomic mass is 16.5. The number of rotatable bonds is 8. The van der Waals surface area contributed by atoms with Gasteiger partial charge in [0.2, 0.25) is 0 Å². The lowest BCUT2D eigenvalue weighted by Crippen LogP contribution is -2.14. The maximum Gasteiger partial charge on any atom is 0.339 e. The molecule has 0 atom stereocenters. The molecule has 0 spiro atoms. The second-order valence-electron chi connectivity index (χ2n) is 6.28. The molecule has 0 aliphatic heterocycles. The Hall–Kier alpha value is -2.62. The highest BCUT2D eigenvalue weighted by Crippen LogP contribution is 2.14. The molecule has 2 aromatic carbocycles. The fourth-order valence-corrected chi connectivity index (χ4v) is 2.37. The fourth-order valence-electron chi connectivity index (χ4n) is 2.37. The van der Waals surface area contributed by atoms with E-state index < -0.39 is 11.9 Å². The molecule has 0 fully saturated rings. The number of hydrogen-bond donors (Lipinski definition) is 0. The van der Waals surface area contributed by atoms with Crippen LogP contribution in [0.1, 0.15) is 53.0 Å². The van der Waals surface area contributed by atoms with Crippen LogP contribution >= 0.6 is 0 Å². The van der Waals surface area contributed by atoms with E-state index in [1.807, 2.05) is 30.3 Å². The molecule has 0 aromatic heterocycles. The Morgan fingerprint density at radius 1 is 0.840 bits per heavy atom. The van der Waals surface area contributed by atoms with Crippen molar-refractivity contribution in [3.8, 4) is 0 Å². The topological polar surface area (TPSA) is 52.6 Å². The maximum atomic E-state index is 12.3. The molecule has 0 radical (unpaired) electrons. The molecule has 0 bridgehead atoms. The Labute approximate surface area is 148 Å². The summed E-state index contributed by atoms with van der Waals surface area (Å²) in [5, 5.41) is 0. The van der Waals surface area contributed by atoms with E-state index >= 15 is 0 Å². The molecule has 4 nitrogen and oxygen atoms in total. The molecule has 0 amide bonds. The van der Waals surface area contributed by atoms with Crippen LogP contribution in [0.25, 0.3) is 0 Å². The molecule has 2 rings (SSSR count). The van der Waals surface area contributed by atoms with Gasteiger partial charge in [-0.25, -0.2) is 9.59 Å². The standard InChI is InChI=1S/C21H24O4/c1-16(2)9-8-14-24-20(22)18-12-6-7-13-19(18)21(23)25-15-17-10-4-3-5-11-17/h3-7,10-13,16H,8-9,14-15H2,1-2H3. The molecule has 0 aliphatic rings. The van der Waals surface area contributed by atoms with Gasteiger partial charge in [-0.3, -0.25) is 0 Å². The van der Waals surface area contributed by atoms with E-state index in [0.717, 1.165) is 18.4 Å². The van der Waals surface area contributed by atoms with Crippen molar-refractivity contribution in [3.05, 3.63) is 71.3 Å². The summed E-state index contributed by atoms with van der Waals surface area (Å²) in [5.74, 6) is -0.450. The SMILES string of the molecule is CC(C)CCCOC(=O)c1ccccc1C(=O)OCc1ccccc1. The first-order valence-corrected chi connectivity index (χ1v) is 8.55. The van der Waals surface area contributed by atoms with Crippen molar-refractivity contribution in [3.63, 3.8) is 0 Å². The Bertz CT molecular complexity index is 692. The zero-order valence-corrected chi connectivity index (χ0v) is 14.7. The molecule has 2 aromatic rings. The molecule has 0 saturated carbocycles. The maximum absolute atomic E-state index is 12.3. The first-order valence-electron chi connectivity index (χ1n) is 8.55. The van der Waals surface area contributed by atoms with Gasteiger partial charge in [0.25, 0.3) is 0 Å². The minimum absolute atomic E-state index is 0.164. The summed E-state index contributed by atoms with van der Waals surface area (Å²) in [5.41, 5.74) is 1.36. The van der Waals surface area contributed by atoms with Gasteiger partial charge in [-0.2, -0.15) is 0 Å². The molecule has 0 heterocycles. The fraction of sp³-hybridized carbons (Fsp3) is 0.333. The van der Waals surface area contributed by atoms with Gasteiger partial charge < -0.3 is 9.47 Å².